The van der Waals surface area contributed by atoms with E-state index in [1.54, 1.807) is 0 Å². The third-order valence-electron chi connectivity index (χ3n) is 9.63. The van der Waals surface area contributed by atoms with Crippen molar-refractivity contribution in [1.82, 2.24) is 43.0 Å². The Balaban J connectivity index is 1.19. The summed E-state index contributed by atoms with van der Waals surface area (Å²) in [7, 11) is 0. The lowest BCUT2D eigenvalue weighted by molar-refractivity contribution is 0.632. The predicted molar refractivity (Wildman–Crippen MR) is 211 cm³/mol. The van der Waals surface area contributed by atoms with E-state index < -0.39 is 0 Å². The molecule has 0 fully saturated rings. The molecule has 53 heavy (non-hydrogen) atoms. The smallest absolute Gasteiger partial charge is 0.240 e. The minimum Gasteiger partial charge on any atom is -0.380 e. The summed E-state index contributed by atoms with van der Waals surface area (Å²) < 4.78 is 8.25. The molecule has 1 aliphatic heterocycles. The van der Waals surface area contributed by atoms with E-state index in [1.807, 2.05) is 53.6 Å². The second kappa shape index (κ2) is 11.0. The van der Waals surface area contributed by atoms with Crippen LogP contribution in [-0.2, 0) is 0 Å². The molecule has 6 aromatic heterocycles. The third-order valence-corrected chi connectivity index (χ3v) is 9.63. The molecule has 0 saturated carbocycles. The zero-order valence-corrected chi connectivity index (χ0v) is 30.4. The molecule has 10 rings (SSSR count). The van der Waals surface area contributed by atoms with Crippen molar-refractivity contribution in [3.8, 4) is 17.2 Å². The van der Waals surface area contributed by atoms with E-state index in [0.29, 0.717) is 11.6 Å². The Labute approximate surface area is 305 Å². The molecule has 0 saturated heterocycles. The molecule has 9 aromatic rings. The molecule has 0 bridgehead atoms. The quantitative estimate of drug-likeness (QED) is 0.179. The van der Waals surface area contributed by atoms with Crippen LogP contribution in [0, 0.1) is 0 Å². The zero-order valence-electron chi connectivity index (χ0n) is 30.4. The molecular weight excluding hydrogens is 661 g/mol. The van der Waals surface area contributed by atoms with Crippen LogP contribution in [0.1, 0.15) is 58.7 Å². The second-order valence-electron chi connectivity index (χ2n) is 15.8. The average molecular weight is 699 g/mol. The van der Waals surface area contributed by atoms with Crippen LogP contribution in [0.5, 0.6) is 0 Å². The van der Waals surface area contributed by atoms with Gasteiger partial charge >= 0.3 is 0 Å². The number of rotatable bonds is 6. The first-order chi connectivity index (χ1) is 25.5. The van der Waals surface area contributed by atoms with Crippen LogP contribution < -0.4 is 10.6 Å². The number of hydrogen-bond donors (Lipinski definition) is 2. The lowest BCUT2D eigenvalue weighted by atomic mass is 9.92. The number of imidazole rings is 1. The number of anilines is 2. The first-order valence-corrected chi connectivity index (χ1v) is 17.8. The van der Waals surface area contributed by atoms with Gasteiger partial charge in [0.1, 0.15) is 12.7 Å². The van der Waals surface area contributed by atoms with Crippen LogP contribution in [0.2, 0.25) is 0 Å². The molecule has 12 nitrogen and oxygen atoms in total. The maximum Gasteiger partial charge on any atom is 0.240 e. The van der Waals surface area contributed by atoms with Crippen LogP contribution in [-0.4, -0.2) is 60.3 Å². The molecule has 0 amide bonds. The lowest BCUT2D eigenvalue weighted by Crippen LogP contribution is -2.27. The van der Waals surface area contributed by atoms with Crippen molar-refractivity contribution in [3.05, 3.63) is 109 Å². The molecule has 7 heterocycles. The fourth-order valence-corrected chi connectivity index (χ4v) is 7.64. The van der Waals surface area contributed by atoms with Crippen molar-refractivity contribution in [2.24, 2.45) is 4.99 Å². The molecule has 3 aromatic carbocycles. The SMILES string of the molecule is CC(C)(C)Nc1cc(-n2cccc2)cc2c1C(c1nc3ncnc4nc(-n5cnc6cc(-n7cccc7)cc(NC(C)(C)C)c65)c5ccc1c5n34)C=N2. The van der Waals surface area contributed by atoms with E-state index in [1.165, 1.54) is 6.33 Å². The Kier molecular flexibility index (Phi) is 6.46. The molecule has 2 N–H and O–H groups in total. The third kappa shape index (κ3) is 5.04. The first-order valence-electron chi connectivity index (χ1n) is 17.8. The number of aliphatic imine (C=N–C) groups is 1. The van der Waals surface area contributed by atoms with E-state index in [2.05, 4.69) is 125 Å². The van der Waals surface area contributed by atoms with Crippen LogP contribution in [0.15, 0.2) is 103 Å². The monoisotopic (exact) mass is 698 g/mol. The van der Waals surface area contributed by atoms with Gasteiger partial charge in [-0.2, -0.15) is 4.98 Å². The van der Waals surface area contributed by atoms with Crippen LogP contribution >= 0.6 is 0 Å². The summed E-state index contributed by atoms with van der Waals surface area (Å²) >= 11 is 0. The molecule has 0 radical (unpaired) electrons. The number of hydrogen-bond acceptors (Lipinski definition) is 8. The number of fused-ring (bicyclic) bond motifs is 2. The fraction of sp³-hybridized carbons (Fsp3) is 0.220. The average Bonchev–Trinajstić information content (AvgIpc) is 3.95. The maximum absolute atomic E-state index is 5.22. The number of nitrogens with one attached hydrogen (secondary N) is 2. The minimum atomic E-state index is -0.210. The molecule has 0 aliphatic carbocycles. The van der Waals surface area contributed by atoms with Crippen molar-refractivity contribution < 1.29 is 0 Å². The normalized spacial score (nSPS) is 14.7. The van der Waals surface area contributed by atoms with Crippen molar-refractivity contribution in [3.63, 3.8) is 0 Å². The lowest BCUT2D eigenvalue weighted by Gasteiger charge is -2.26. The van der Waals surface area contributed by atoms with Crippen molar-refractivity contribution >= 4 is 62.2 Å². The van der Waals surface area contributed by atoms with Crippen molar-refractivity contribution in [1.29, 1.82) is 0 Å². The van der Waals surface area contributed by atoms with E-state index in [0.717, 1.165) is 72.8 Å². The maximum atomic E-state index is 5.22. The molecule has 12 heteroatoms. The Morgan fingerprint density at radius 1 is 0.660 bits per heavy atom. The van der Waals surface area contributed by atoms with Crippen molar-refractivity contribution in [2.75, 3.05) is 10.6 Å². The van der Waals surface area contributed by atoms with Crippen LogP contribution in [0.3, 0.4) is 0 Å². The summed E-state index contributed by atoms with van der Waals surface area (Å²) in [6.45, 7) is 13.0. The van der Waals surface area contributed by atoms with E-state index in [-0.39, 0.29) is 17.0 Å². The Morgan fingerprint density at radius 3 is 1.98 bits per heavy atom. The van der Waals surface area contributed by atoms with Gasteiger partial charge in [0.05, 0.1) is 39.5 Å². The highest BCUT2D eigenvalue weighted by Gasteiger charge is 2.32. The van der Waals surface area contributed by atoms with Crippen LogP contribution in [0.4, 0.5) is 17.1 Å². The molecule has 262 valence electrons. The van der Waals surface area contributed by atoms with Gasteiger partial charge in [0.2, 0.25) is 11.6 Å². The topological polar surface area (TPSA) is 120 Å². The summed E-state index contributed by atoms with van der Waals surface area (Å²) in [6.07, 6.45) is 13.6. The Bertz CT molecular complexity index is 2860. The van der Waals surface area contributed by atoms with Gasteiger partial charge in [0, 0.05) is 75.5 Å². The van der Waals surface area contributed by atoms with Gasteiger partial charge in [-0.1, -0.05) is 6.07 Å². The molecule has 1 aliphatic rings. The van der Waals surface area contributed by atoms with Gasteiger partial charge in [-0.25, -0.2) is 24.3 Å². The Hall–Kier alpha value is -6.56. The highest BCUT2D eigenvalue weighted by molar-refractivity contribution is 6.07. The van der Waals surface area contributed by atoms with Gasteiger partial charge in [-0.3, -0.25) is 9.56 Å². The van der Waals surface area contributed by atoms with E-state index in [9.17, 15) is 0 Å². The zero-order chi connectivity index (χ0) is 36.2. The summed E-state index contributed by atoms with van der Waals surface area (Å²) in [4.78, 5) is 29.6. The summed E-state index contributed by atoms with van der Waals surface area (Å²) in [5.41, 5.74) is 9.30. The van der Waals surface area contributed by atoms with Gasteiger partial charge in [-0.05, 0) is 96.1 Å². The molecule has 1 unspecified atom stereocenters. The molecule has 1 atom stereocenters. The highest BCUT2D eigenvalue weighted by atomic mass is 15.2. The van der Waals surface area contributed by atoms with E-state index in [4.69, 9.17) is 19.9 Å². The highest BCUT2D eigenvalue weighted by Crippen LogP contribution is 2.46. The van der Waals surface area contributed by atoms with Gasteiger partial charge < -0.3 is 19.8 Å². The summed E-state index contributed by atoms with van der Waals surface area (Å²) in [6, 6.07) is 21.0. The molecule has 0 spiro atoms. The van der Waals surface area contributed by atoms with Crippen molar-refractivity contribution in [2.45, 2.75) is 58.5 Å². The first kappa shape index (κ1) is 31.2. The van der Waals surface area contributed by atoms with Gasteiger partial charge in [0.15, 0.2) is 5.82 Å². The van der Waals surface area contributed by atoms with Crippen LogP contribution in [0.25, 0.3) is 56.1 Å². The number of nitrogens with zero attached hydrogens (tertiary/aromatic N) is 10. The number of aromatic nitrogens is 9. The van der Waals surface area contributed by atoms with Gasteiger partial charge in [-0.15, -0.1) is 0 Å². The summed E-state index contributed by atoms with van der Waals surface area (Å²) in [5, 5.41) is 9.47. The minimum absolute atomic E-state index is 0.184. The standard InChI is InChI=1S/C41H38N12/c1-40(2,3)48-30-18-24(50-13-7-8-14-50)17-29-33(30)28(21-42-29)34-26-11-12-27-35(26)53-38(46-34)43-22-44-39(53)47-37(27)52-23-45-31-19-25(51-15-9-10-16-51)20-32(36(31)52)49-41(4,5)6/h7-23,28,48-49H,1-6H3. The predicted octanol–water partition coefficient (Wildman–Crippen LogP) is 8.45. The fourth-order valence-electron chi connectivity index (χ4n) is 7.64. The Morgan fingerprint density at radius 2 is 1.28 bits per heavy atom. The number of benzene rings is 2. The van der Waals surface area contributed by atoms with E-state index >= 15 is 0 Å². The largest absolute Gasteiger partial charge is 0.380 e. The molecular formula is C41H38N12. The van der Waals surface area contributed by atoms with Gasteiger partial charge in [0.25, 0.3) is 0 Å². The second-order valence-corrected chi connectivity index (χ2v) is 15.8. The summed E-state index contributed by atoms with van der Waals surface area (Å²) in [5.74, 6) is 1.57.